The van der Waals surface area contributed by atoms with Crippen molar-refractivity contribution in [1.82, 2.24) is 15.2 Å². The predicted octanol–water partition coefficient (Wildman–Crippen LogP) is 5.33. The number of pyridine rings is 1. The molecular weight excluding hydrogens is 391 g/mol. The summed E-state index contributed by atoms with van der Waals surface area (Å²) in [4.78, 5) is 4.65. The van der Waals surface area contributed by atoms with Gasteiger partial charge in [-0.1, -0.05) is 37.6 Å². The number of aryl methyl sites for hydroxylation is 1. The SMILES string of the molecule is CCCc1ccc(-c2cnc(NCc3c(F)ccc4c3CCO4)c3cnncc23)cc1. The summed E-state index contributed by atoms with van der Waals surface area (Å²) in [5, 5.41) is 13.3. The van der Waals surface area contributed by atoms with E-state index in [1.54, 1.807) is 18.5 Å². The lowest BCUT2D eigenvalue weighted by molar-refractivity contribution is 0.356. The highest BCUT2D eigenvalue weighted by Crippen LogP contribution is 2.33. The first kappa shape index (κ1) is 19.4. The largest absolute Gasteiger partial charge is 0.493 e. The van der Waals surface area contributed by atoms with Gasteiger partial charge in [0.25, 0.3) is 0 Å². The Balaban J connectivity index is 1.48. The number of benzene rings is 2. The molecule has 3 heterocycles. The summed E-state index contributed by atoms with van der Waals surface area (Å²) < 4.78 is 20.1. The lowest BCUT2D eigenvalue weighted by Crippen LogP contribution is -2.07. The Morgan fingerprint density at radius 3 is 2.61 bits per heavy atom. The summed E-state index contributed by atoms with van der Waals surface area (Å²) in [5.41, 5.74) is 4.96. The smallest absolute Gasteiger partial charge is 0.135 e. The van der Waals surface area contributed by atoms with E-state index in [0.717, 1.165) is 52.5 Å². The van der Waals surface area contributed by atoms with Crippen LogP contribution in [0.5, 0.6) is 5.75 Å². The quantitative estimate of drug-likeness (QED) is 0.462. The number of ether oxygens (including phenoxy) is 1. The van der Waals surface area contributed by atoms with E-state index in [-0.39, 0.29) is 5.82 Å². The van der Waals surface area contributed by atoms with Crippen LogP contribution in [0.25, 0.3) is 21.9 Å². The number of rotatable bonds is 6. The molecule has 0 atom stereocenters. The fraction of sp³-hybridized carbons (Fsp3) is 0.240. The molecule has 6 heteroatoms. The van der Waals surface area contributed by atoms with Gasteiger partial charge in [0.2, 0.25) is 0 Å². The second-order valence-corrected chi connectivity index (χ2v) is 7.74. The molecule has 0 saturated carbocycles. The monoisotopic (exact) mass is 414 g/mol. The van der Waals surface area contributed by atoms with Gasteiger partial charge >= 0.3 is 0 Å². The minimum Gasteiger partial charge on any atom is -0.493 e. The molecule has 1 aliphatic heterocycles. The van der Waals surface area contributed by atoms with Gasteiger partial charge in [-0.25, -0.2) is 9.37 Å². The van der Waals surface area contributed by atoms with Gasteiger partial charge in [0.15, 0.2) is 0 Å². The van der Waals surface area contributed by atoms with Gasteiger partial charge in [-0.15, -0.1) is 0 Å². The molecule has 156 valence electrons. The minimum absolute atomic E-state index is 0.232. The van der Waals surface area contributed by atoms with Crippen LogP contribution in [0, 0.1) is 5.82 Å². The van der Waals surface area contributed by atoms with Gasteiger partial charge < -0.3 is 10.1 Å². The van der Waals surface area contributed by atoms with Gasteiger partial charge in [0.1, 0.15) is 17.4 Å². The molecule has 4 aromatic rings. The van der Waals surface area contributed by atoms with Crippen molar-refractivity contribution in [3.8, 4) is 16.9 Å². The van der Waals surface area contributed by atoms with Crippen molar-refractivity contribution in [3.05, 3.63) is 77.5 Å². The molecule has 0 amide bonds. The number of hydrogen-bond donors (Lipinski definition) is 1. The maximum absolute atomic E-state index is 14.5. The number of hydrogen-bond acceptors (Lipinski definition) is 5. The molecule has 0 fully saturated rings. The Morgan fingerprint density at radius 2 is 1.81 bits per heavy atom. The zero-order valence-corrected chi connectivity index (χ0v) is 17.4. The fourth-order valence-corrected chi connectivity index (χ4v) is 4.18. The van der Waals surface area contributed by atoms with Gasteiger partial charge in [0, 0.05) is 46.6 Å². The molecule has 0 spiro atoms. The molecule has 31 heavy (non-hydrogen) atoms. The molecule has 5 rings (SSSR count). The zero-order valence-electron chi connectivity index (χ0n) is 17.4. The van der Waals surface area contributed by atoms with E-state index >= 15 is 0 Å². The third-order valence-corrected chi connectivity index (χ3v) is 5.78. The van der Waals surface area contributed by atoms with Crippen LogP contribution in [0.3, 0.4) is 0 Å². The van der Waals surface area contributed by atoms with Crippen molar-refractivity contribution in [1.29, 1.82) is 0 Å². The zero-order chi connectivity index (χ0) is 21.2. The molecular formula is C25H23FN4O. The van der Waals surface area contributed by atoms with E-state index in [9.17, 15) is 4.39 Å². The molecule has 2 aromatic heterocycles. The summed E-state index contributed by atoms with van der Waals surface area (Å²) in [5.74, 6) is 1.19. The topological polar surface area (TPSA) is 59.9 Å². The van der Waals surface area contributed by atoms with E-state index in [2.05, 4.69) is 51.7 Å². The van der Waals surface area contributed by atoms with Crippen LogP contribution >= 0.6 is 0 Å². The molecule has 5 nitrogen and oxygen atoms in total. The average molecular weight is 414 g/mol. The van der Waals surface area contributed by atoms with Crippen LogP contribution < -0.4 is 10.1 Å². The molecule has 1 N–H and O–H groups in total. The van der Waals surface area contributed by atoms with Gasteiger partial charge in [-0.05, 0) is 29.7 Å². The van der Waals surface area contributed by atoms with Crippen LogP contribution in [0.2, 0.25) is 0 Å². The third kappa shape index (κ3) is 3.69. The first-order valence-electron chi connectivity index (χ1n) is 10.6. The van der Waals surface area contributed by atoms with E-state index < -0.39 is 0 Å². The van der Waals surface area contributed by atoms with Crippen molar-refractivity contribution in [2.24, 2.45) is 0 Å². The second kappa shape index (κ2) is 8.30. The highest BCUT2D eigenvalue weighted by atomic mass is 19.1. The average Bonchev–Trinajstić information content (AvgIpc) is 3.28. The lowest BCUT2D eigenvalue weighted by Gasteiger charge is -2.14. The Bertz CT molecular complexity index is 1240. The van der Waals surface area contributed by atoms with Crippen LogP contribution in [0.15, 0.2) is 55.0 Å². The Labute approximate surface area is 180 Å². The third-order valence-electron chi connectivity index (χ3n) is 5.78. The Morgan fingerprint density at radius 1 is 1.00 bits per heavy atom. The summed E-state index contributed by atoms with van der Waals surface area (Å²) in [7, 11) is 0. The molecule has 0 bridgehead atoms. The summed E-state index contributed by atoms with van der Waals surface area (Å²) in [6.07, 6.45) is 8.21. The Kier molecular flexibility index (Phi) is 5.20. The van der Waals surface area contributed by atoms with Gasteiger partial charge in [0.05, 0.1) is 19.0 Å². The van der Waals surface area contributed by atoms with Gasteiger partial charge in [-0.3, -0.25) is 0 Å². The standard InChI is InChI=1S/C25H23FN4O/c1-2-3-16-4-6-17(7-5-16)19-12-27-25(22-15-30-29-14-20(19)22)28-13-21-18-10-11-31-24(18)9-8-23(21)26/h4-9,12,14-15H,2-3,10-11,13H2,1H3,(H,27,28). The fourth-order valence-electron chi connectivity index (χ4n) is 4.18. The van der Waals surface area contributed by atoms with Gasteiger partial charge in [-0.2, -0.15) is 10.2 Å². The number of nitrogens with zero attached hydrogens (tertiary/aromatic N) is 3. The van der Waals surface area contributed by atoms with E-state index in [0.29, 0.717) is 24.5 Å². The molecule has 0 unspecified atom stereocenters. The van der Waals surface area contributed by atoms with E-state index in [4.69, 9.17) is 4.74 Å². The summed E-state index contributed by atoms with van der Waals surface area (Å²) >= 11 is 0. The van der Waals surface area contributed by atoms with Crippen molar-refractivity contribution in [3.63, 3.8) is 0 Å². The predicted molar refractivity (Wildman–Crippen MR) is 120 cm³/mol. The maximum Gasteiger partial charge on any atom is 0.135 e. The van der Waals surface area contributed by atoms with E-state index in [1.807, 2.05) is 6.20 Å². The number of aromatic nitrogens is 3. The molecule has 1 aliphatic rings. The van der Waals surface area contributed by atoms with Crippen molar-refractivity contribution >= 4 is 16.6 Å². The Hall–Kier alpha value is -3.54. The van der Waals surface area contributed by atoms with E-state index in [1.165, 1.54) is 11.6 Å². The second-order valence-electron chi connectivity index (χ2n) is 7.74. The molecule has 0 saturated heterocycles. The van der Waals surface area contributed by atoms with Crippen LogP contribution in [0.1, 0.15) is 30.0 Å². The number of fused-ring (bicyclic) bond motifs is 2. The normalized spacial score (nSPS) is 12.6. The van der Waals surface area contributed by atoms with Crippen LogP contribution in [0.4, 0.5) is 10.2 Å². The highest BCUT2D eigenvalue weighted by molar-refractivity contribution is 6.00. The lowest BCUT2D eigenvalue weighted by atomic mass is 10.00. The van der Waals surface area contributed by atoms with Crippen LogP contribution in [-0.2, 0) is 19.4 Å². The summed E-state index contributed by atoms with van der Waals surface area (Å²) in [6.45, 7) is 3.10. The first-order valence-corrected chi connectivity index (χ1v) is 10.6. The van der Waals surface area contributed by atoms with Crippen molar-refractivity contribution in [2.45, 2.75) is 32.7 Å². The van der Waals surface area contributed by atoms with Crippen LogP contribution in [-0.4, -0.2) is 21.8 Å². The molecule has 0 aliphatic carbocycles. The highest BCUT2D eigenvalue weighted by Gasteiger charge is 2.20. The van der Waals surface area contributed by atoms with Crippen molar-refractivity contribution in [2.75, 3.05) is 11.9 Å². The summed E-state index contributed by atoms with van der Waals surface area (Å²) in [6, 6.07) is 11.7. The minimum atomic E-state index is -0.232. The molecule has 2 aromatic carbocycles. The number of halogens is 1. The number of nitrogens with one attached hydrogen (secondary N) is 1. The molecule has 0 radical (unpaired) electrons. The first-order chi connectivity index (χ1) is 15.2. The number of anilines is 1. The van der Waals surface area contributed by atoms with Crippen molar-refractivity contribution < 1.29 is 9.13 Å². The maximum atomic E-state index is 14.5.